The highest BCUT2D eigenvalue weighted by Crippen LogP contribution is 2.32. The van der Waals surface area contributed by atoms with E-state index in [9.17, 15) is 9.59 Å². The van der Waals surface area contributed by atoms with Gasteiger partial charge in [-0.25, -0.2) is 0 Å². The smallest absolute Gasteiger partial charge is 0.154 e. The van der Waals surface area contributed by atoms with Crippen molar-refractivity contribution in [3.8, 4) is 11.5 Å². The van der Waals surface area contributed by atoms with Crippen LogP contribution in [0.25, 0.3) is 10.8 Å². The third-order valence-corrected chi connectivity index (χ3v) is 2.88. The van der Waals surface area contributed by atoms with Crippen molar-refractivity contribution in [2.75, 3.05) is 14.2 Å². The Morgan fingerprint density at radius 2 is 1.17 bits per heavy atom. The van der Waals surface area contributed by atoms with E-state index in [0.29, 0.717) is 33.4 Å². The monoisotopic (exact) mass is 244 g/mol. The van der Waals surface area contributed by atoms with Crippen LogP contribution in [-0.2, 0) is 0 Å². The van der Waals surface area contributed by atoms with Gasteiger partial charge in [-0.2, -0.15) is 0 Å². The van der Waals surface area contributed by atoms with Crippen LogP contribution in [0.4, 0.5) is 0 Å². The van der Waals surface area contributed by atoms with Crippen LogP contribution in [0, 0.1) is 0 Å². The lowest BCUT2D eigenvalue weighted by Gasteiger charge is -2.11. The van der Waals surface area contributed by atoms with E-state index in [0.717, 1.165) is 12.6 Å². The quantitative estimate of drug-likeness (QED) is 0.775. The van der Waals surface area contributed by atoms with E-state index in [1.165, 1.54) is 14.2 Å². The molecule has 0 bridgehead atoms. The number of hydrogen-bond acceptors (Lipinski definition) is 4. The average molecular weight is 244 g/mol. The molecule has 0 unspecified atom stereocenters. The zero-order valence-electron chi connectivity index (χ0n) is 10.1. The SMILES string of the molecule is COc1ccc2c(C=O)c(OC)ccc2c1C=O. The van der Waals surface area contributed by atoms with Crippen LogP contribution in [0.3, 0.4) is 0 Å². The first-order valence-corrected chi connectivity index (χ1v) is 5.34. The zero-order chi connectivity index (χ0) is 13.1. The maximum absolute atomic E-state index is 11.2. The Balaban J connectivity index is 2.88. The summed E-state index contributed by atoms with van der Waals surface area (Å²) in [5.74, 6) is 0.971. The molecule has 92 valence electrons. The fourth-order valence-electron chi connectivity index (χ4n) is 2.01. The number of carbonyl (C=O) groups excluding carboxylic acids is 2. The van der Waals surface area contributed by atoms with Gasteiger partial charge in [0.2, 0.25) is 0 Å². The van der Waals surface area contributed by atoms with E-state index in [1.807, 2.05) is 0 Å². The topological polar surface area (TPSA) is 52.6 Å². The lowest BCUT2D eigenvalue weighted by atomic mass is 9.99. The Labute approximate surface area is 104 Å². The molecular weight excluding hydrogens is 232 g/mol. The summed E-state index contributed by atoms with van der Waals surface area (Å²) in [6, 6.07) is 6.82. The van der Waals surface area contributed by atoms with Crippen molar-refractivity contribution in [2.45, 2.75) is 0 Å². The Morgan fingerprint density at radius 3 is 1.44 bits per heavy atom. The fraction of sp³-hybridized carbons (Fsp3) is 0.143. The molecule has 0 spiro atoms. The van der Waals surface area contributed by atoms with E-state index in [1.54, 1.807) is 24.3 Å². The van der Waals surface area contributed by atoms with E-state index in [4.69, 9.17) is 9.47 Å². The van der Waals surface area contributed by atoms with Gasteiger partial charge in [0.05, 0.1) is 25.3 Å². The molecule has 0 amide bonds. The van der Waals surface area contributed by atoms with Crippen LogP contribution in [0.2, 0.25) is 0 Å². The molecule has 0 aliphatic rings. The van der Waals surface area contributed by atoms with Gasteiger partial charge in [-0.05, 0) is 35.0 Å². The number of fused-ring (bicyclic) bond motifs is 1. The van der Waals surface area contributed by atoms with E-state index in [2.05, 4.69) is 0 Å². The second-order valence-electron chi connectivity index (χ2n) is 3.69. The molecule has 0 saturated heterocycles. The molecule has 0 N–H and O–H groups in total. The third-order valence-electron chi connectivity index (χ3n) is 2.88. The molecule has 4 heteroatoms. The Hall–Kier alpha value is -2.36. The highest BCUT2D eigenvalue weighted by atomic mass is 16.5. The number of methoxy groups -OCH3 is 2. The number of aldehydes is 2. The van der Waals surface area contributed by atoms with Crippen molar-refractivity contribution in [3.05, 3.63) is 35.4 Å². The highest BCUT2D eigenvalue weighted by Gasteiger charge is 2.13. The summed E-state index contributed by atoms with van der Waals surface area (Å²) in [5, 5.41) is 1.35. The van der Waals surface area contributed by atoms with Gasteiger partial charge >= 0.3 is 0 Å². The highest BCUT2D eigenvalue weighted by molar-refractivity contribution is 6.08. The summed E-state index contributed by atoms with van der Waals surface area (Å²) in [6.07, 6.45) is 1.45. The van der Waals surface area contributed by atoms with Gasteiger partial charge in [0.1, 0.15) is 11.5 Å². The fourth-order valence-corrected chi connectivity index (χ4v) is 2.01. The first kappa shape index (κ1) is 12.1. The van der Waals surface area contributed by atoms with Crippen molar-refractivity contribution in [3.63, 3.8) is 0 Å². The molecule has 0 saturated carbocycles. The van der Waals surface area contributed by atoms with Gasteiger partial charge in [0, 0.05) is 0 Å². The standard InChI is InChI=1S/C14H12O4/c1-17-13-5-3-10-9(11(13)7-15)4-6-14(18-2)12(10)8-16/h3-8H,1-2H3. The predicted molar refractivity (Wildman–Crippen MR) is 67.8 cm³/mol. The lowest BCUT2D eigenvalue weighted by Crippen LogP contribution is -1.96. The zero-order valence-corrected chi connectivity index (χ0v) is 10.1. The summed E-state index contributed by atoms with van der Waals surface area (Å²) in [6.45, 7) is 0. The van der Waals surface area contributed by atoms with Crippen LogP contribution in [-0.4, -0.2) is 26.8 Å². The predicted octanol–water partition coefficient (Wildman–Crippen LogP) is 2.48. The molecule has 4 nitrogen and oxygen atoms in total. The van der Waals surface area contributed by atoms with Gasteiger partial charge in [0.15, 0.2) is 12.6 Å². The van der Waals surface area contributed by atoms with Crippen LogP contribution >= 0.6 is 0 Å². The number of rotatable bonds is 4. The van der Waals surface area contributed by atoms with Gasteiger partial charge in [-0.3, -0.25) is 9.59 Å². The summed E-state index contributed by atoms with van der Waals surface area (Å²) in [5.41, 5.74) is 0.863. The van der Waals surface area contributed by atoms with Crippen molar-refractivity contribution in [1.29, 1.82) is 0 Å². The molecule has 2 aromatic carbocycles. The maximum Gasteiger partial charge on any atom is 0.154 e. The first-order chi connectivity index (χ1) is 8.76. The second kappa shape index (κ2) is 4.87. The van der Waals surface area contributed by atoms with E-state index in [-0.39, 0.29) is 0 Å². The summed E-state index contributed by atoms with van der Waals surface area (Å²) < 4.78 is 10.2. The maximum atomic E-state index is 11.2. The summed E-state index contributed by atoms with van der Waals surface area (Å²) >= 11 is 0. The third kappa shape index (κ3) is 1.72. The van der Waals surface area contributed by atoms with Crippen LogP contribution < -0.4 is 9.47 Å². The minimum Gasteiger partial charge on any atom is -0.496 e. The van der Waals surface area contributed by atoms with Gasteiger partial charge < -0.3 is 9.47 Å². The van der Waals surface area contributed by atoms with Gasteiger partial charge in [-0.15, -0.1) is 0 Å². The number of carbonyl (C=O) groups is 2. The van der Waals surface area contributed by atoms with Gasteiger partial charge in [-0.1, -0.05) is 0 Å². The van der Waals surface area contributed by atoms with Crippen molar-refractivity contribution >= 4 is 23.3 Å². The molecule has 0 aromatic heterocycles. The molecule has 0 aliphatic carbocycles. The average Bonchev–Trinajstić information content (AvgIpc) is 2.44. The Kier molecular flexibility index (Phi) is 3.28. The summed E-state index contributed by atoms with van der Waals surface area (Å²) in [7, 11) is 3.00. The van der Waals surface area contributed by atoms with Crippen molar-refractivity contribution in [2.24, 2.45) is 0 Å². The van der Waals surface area contributed by atoms with Crippen LogP contribution in [0.15, 0.2) is 24.3 Å². The molecule has 0 atom stereocenters. The van der Waals surface area contributed by atoms with Crippen molar-refractivity contribution in [1.82, 2.24) is 0 Å². The van der Waals surface area contributed by atoms with Crippen LogP contribution in [0.5, 0.6) is 11.5 Å². The molecule has 0 heterocycles. The van der Waals surface area contributed by atoms with Crippen LogP contribution in [0.1, 0.15) is 20.7 Å². The summed E-state index contributed by atoms with van der Waals surface area (Å²) in [4.78, 5) is 22.3. The number of benzene rings is 2. The molecule has 0 aliphatic heterocycles. The molecule has 2 aromatic rings. The Morgan fingerprint density at radius 1 is 0.778 bits per heavy atom. The molecule has 18 heavy (non-hydrogen) atoms. The minimum absolute atomic E-state index is 0.431. The van der Waals surface area contributed by atoms with Crippen molar-refractivity contribution < 1.29 is 19.1 Å². The normalized spacial score (nSPS) is 10.1. The Bertz CT molecular complexity index is 561. The molecular formula is C14H12O4. The molecule has 2 rings (SSSR count). The van der Waals surface area contributed by atoms with E-state index < -0.39 is 0 Å². The first-order valence-electron chi connectivity index (χ1n) is 5.34. The van der Waals surface area contributed by atoms with Gasteiger partial charge in [0.25, 0.3) is 0 Å². The number of ether oxygens (including phenoxy) is 2. The molecule has 0 radical (unpaired) electrons. The van der Waals surface area contributed by atoms with E-state index >= 15 is 0 Å². The molecule has 0 fully saturated rings. The lowest BCUT2D eigenvalue weighted by molar-refractivity contribution is 0.111. The second-order valence-corrected chi connectivity index (χ2v) is 3.69. The minimum atomic E-state index is 0.431. The number of hydrogen-bond donors (Lipinski definition) is 0. The largest absolute Gasteiger partial charge is 0.496 e.